The van der Waals surface area contributed by atoms with Gasteiger partial charge in [0.1, 0.15) is 5.69 Å². The molecule has 3 rings (SSSR count). The number of aliphatic hydroxyl groups excluding tert-OH is 1. The Balaban J connectivity index is 1.72. The minimum absolute atomic E-state index is 0.00642. The number of hydrogen-bond acceptors (Lipinski definition) is 5. The van der Waals surface area contributed by atoms with E-state index in [1.54, 1.807) is 10.9 Å². The number of nitro groups is 1. The Kier molecular flexibility index (Phi) is 4.11. The first-order valence-electron chi connectivity index (χ1n) is 7.01. The largest absolute Gasteiger partial charge is 0.386 e. The summed E-state index contributed by atoms with van der Waals surface area (Å²) in [7, 11) is 0. The van der Waals surface area contributed by atoms with Crippen LogP contribution in [-0.2, 0) is 6.54 Å². The number of nitrogens with zero attached hydrogens (tertiary/aromatic N) is 4. The highest BCUT2D eigenvalue weighted by Crippen LogP contribution is 2.20. The van der Waals surface area contributed by atoms with Crippen molar-refractivity contribution in [2.75, 3.05) is 0 Å². The Morgan fingerprint density at radius 2 is 1.83 bits per heavy atom. The van der Waals surface area contributed by atoms with E-state index in [-0.39, 0.29) is 12.2 Å². The van der Waals surface area contributed by atoms with E-state index in [2.05, 4.69) is 10.3 Å². The highest BCUT2D eigenvalue weighted by Gasteiger charge is 2.12. The second kappa shape index (κ2) is 6.37. The molecule has 0 aliphatic heterocycles. The third kappa shape index (κ3) is 3.41. The Hall–Kier alpha value is -3.06. The molecule has 0 unspecified atom stereocenters. The number of benzene rings is 2. The predicted molar refractivity (Wildman–Crippen MR) is 83.5 cm³/mol. The Labute approximate surface area is 132 Å². The van der Waals surface area contributed by atoms with Crippen LogP contribution in [-0.4, -0.2) is 25.0 Å². The SMILES string of the molecule is O=[N+]([O-])c1ccc([C@@H](O)Cn2cc(-c3ccccc3)nn2)cc1. The smallest absolute Gasteiger partial charge is 0.269 e. The summed E-state index contributed by atoms with van der Waals surface area (Å²) in [4.78, 5) is 10.2. The van der Waals surface area contributed by atoms with Crippen LogP contribution in [0.2, 0.25) is 0 Å². The molecule has 0 saturated heterocycles. The molecule has 1 aromatic heterocycles. The fourth-order valence-corrected chi connectivity index (χ4v) is 2.23. The lowest BCUT2D eigenvalue weighted by molar-refractivity contribution is -0.384. The molecule has 2 aromatic carbocycles. The second-order valence-electron chi connectivity index (χ2n) is 5.06. The molecule has 1 atom stereocenters. The summed E-state index contributed by atoms with van der Waals surface area (Å²) >= 11 is 0. The van der Waals surface area contributed by atoms with Crippen molar-refractivity contribution in [3.8, 4) is 11.3 Å². The van der Waals surface area contributed by atoms with Gasteiger partial charge in [0.2, 0.25) is 0 Å². The van der Waals surface area contributed by atoms with Crippen molar-refractivity contribution < 1.29 is 10.0 Å². The van der Waals surface area contributed by atoms with Crippen molar-refractivity contribution in [1.82, 2.24) is 15.0 Å². The molecular formula is C16H14N4O3. The fourth-order valence-electron chi connectivity index (χ4n) is 2.23. The molecule has 0 spiro atoms. The Bertz CT molecular complexity index is 800. The van der Waals surface area contributed by atoms with E-state index in [9.17, 15) is 15.2 Å². The summed E-state index contributed by atoms with van der Waals surface area (Å²) in [6.45, 7) is 0.220. The molecule has 7 nitrogen and oxygen atoms in total. The maximum atomic E-state index is 10.6. The van der Waals surface area contributed by atoms with Crippen LogP contribution in [0.5, 0.6) is 0 Å². The molecular weight excluding hydrogens is 296 g/mol. The van der Waals surface area contributed by atoms with E-state index in [4.69, 9.17) is 0 Å². The van der Waals surface area contributed by atoms with Crippen LogP contribution in [0.1, 0.15) is 11.7 Å². The van der Waals surface area contributed by atoms with Gasteiger partial charge in [-0.3, -0.25) is 10.1 Å². The lowest BCUT2D eigenvalue weighted by Crippen LogP contribution is -2.09. The van der Waals surface area contributed by atoms with Crippen molar-refractivity contribution in [2.45, 2.75) is 12.6 Å². The highest BCUT2D eigenvalue weighted by atomic mass is 16.6. The molecule has 7 heteroatoms. The maximum Gasteiger partial charge on any atom is 0.269 e. The molecule has 23 heavy (non-hydrogen) atoms. The van der Waals surface area contributed by atoms with E-state index < -0.39 is 11.0 Å². The van der Waals surface area contributed by atoms with Crippen LogP contribution in [0.3, 0.4) is 0 Å². The molecule has 0 radical (unpaired) electrons. The van der Waals surface area contributed by atoms with Crippen LogP contribution < -0.4 is 0 Å². The third-order valence-electron chi connectivity index (χ3n) is 3.46. The van der Waals surface area contributed by atoms with E-state index in [0.29, 0.717) is 5.56 Å². The molecule has 0 fully saturated rings. The van der Waals surface area contributed by atoms with Gasteiger partial charge in [0.05, 0.1) is 23.8 Å². The number of nitro benzene ring substituents is 1. The van der Waals surface area contributed by atoms with Crippen molar-refractivity contribution in [3.63, 3.8) is 0 Å². The zero-order chi connectivity index (χ0) is 16.2. The quantitative estimate of drug-likeness (QED) is 0.577. The zero-order valence-electron chi connectivity index (χ0n) is 12.1. The Morgan fingerprint density at radius 1 is 1.13 bits per heavy atom. The van der Waals surface area contributed by atoms with Gasteiger partial charge in [0, 0.05) is 17.7 Å². The standard InChI is InChI=1S/C16H14N4O3/c21-16(13-6-8-14(9-7-13)20(22)23)11-19-10-15(17-18-19)12-4-2-1-3-5-12/h1-10,16,21H,11H2/t16-/m0/s1. The van der Waals surface area contributed by atoms with Gasteiger partial charge in [0.25, 0.3) is 5.69 Å². The summed E-state index contributed by atoms with van der Waals surface area (Å²) in [6, 6.07) is 15.4. The van der Waals surface area contributed by atoms with E-state index in [0.717, 1.165) is 11.3 Å². The van der Waals surface area contributed by atoms with Gasteiger partial charge in [-0.25, -0.2) is 4.68 Å². The zero-order valence-corrected chi connectivity index (χ0v) is 12.1. The topological polar surface area (TPSA) is 94.1 Å². The molecule has 0 aliphatic rings. The summed E-state index contributed by atoms with van der Waals surface area (Å²) in [5.41, 5.74) is 2.26. The lowest BCUT2D eigenvalue weighted by atomic mass is 10.1. The van der Waals surface area contributed by atoms with Gasteiger partial charge in [-0.2, -0.15) is 0 Å². The molecule has 3 aromatic rings. The van der Waals surface area contributed by atoms with Gasteiger partial charge in [-0.15, -0.1) is 5.10 Å². The minimum Gasteiger partial charge on any atom is -0.386 e. The van der Waals surface area contributed by atoms with Gasteiger partial charge >= 0.3 is 0 Å². The number of aliphatic hydroxyl groups is 1. The van der Waals surface area contributed by atoms with E-state index in [1.165, 1.54) is 24.3 Å². The summed E-state index contributed by atoms with van der Waals surface area (Å²) < 4.78 is 1.55. The first-order chi connectivity index (χ1) is 11.1. The highest BCUT2D eigenvalue weighted by molar-refractivity contribution is 5.57. The number of rotatable bonds is 5. The van der Waals surface area contributed by atoms with Gasteiger partial charge in [-0.1, -0.05) is 35.5 Å². The number of non-ortho nitro benzene ring substituents is 1. The predicted octanol–water partition coefficient (Wildman–Crippen LogP) is 2.59. The number of hydrogen-bond donors (Lipinski definition) is 1. The van der Waals surface area contributed by atoms with Crippen LogP contribution in [0, 0.1) is 10.1 Å². The first kappa shape index (κ1) is 14.9. The van der Waals surface area contributed by atoms with Crippen LogP contribution in [0.15, 0.2) is 60.8 Å². The second-order valence-corrected chi connectivity index (χ2v) is 5.06. The Morgan fingerprint density at radius 3 is 2.48 bits per heavy atom. The summed E-state index contributed by atoms with van der Waals surface area (Å²) in [6.07, 6.45) is 0.936. The molecule has 0 bridgehead atoms. The molecule has 0 saturated carbocycles. The van der Waals surface area contributed by atoms with E-state index in [1.807, 2.05) is 30.3 Å². The normalized spacial score (nSPS) is 12.0. The third-order valence-corrected chi connectivity index (χ3v) is 3.46. The molecule has 116 valence electrons. The molecule has 1 N–H and O–H groups in total. The van der Waals surface area contributed by atoms with Crippen LogP contribution >= 0.6 is 0 Å². The van der Waals surface area contributed by atoms with Gasteiger partial charge in [-0.05, 0) is 17.7 Å². The van der Waals surface area contributed by atoms with Crippen molar-refractivity contribution in [1.29, 1.82) is 0 Å². The monoisotopic (exact) mass is 310 g/mol. The summed E-state index contributed by atoms with van der Waals surface area (Å²) in [5.74, 6) is 0. The van der Waals surface area contributed by atoms with Crippen molar-refractivity contribution >= 4 is 5.69 Å². The molecule has 0 amide bonds. The van der Waals surface area contributed by atoms with Crippen LogP contribution in [0.4, 0.5) is 5.69 Å². The minimum atomic E-state index is -0.818. The fraction of sp³-hybridized carbons (Fsp3) is 0.125. The summed E-state index contributed by atoms with van der Waals surface area (Å²) in [5, 5.41) is 28.9. The van der Waals surface area contributed by atoms with Gasteiger partial charge in [0.15, 0.2) is 0 Å². The average Bonchev–Trinajstić information content (AvgIpc) is 3.04. The number of aromatic nitrogens is 3. The molecule has 1 heterocycles. The van der Waals surface area contributed by atoms with Gasteiger partial charge < -0.3 is 5.11 Å². The first-order valence-corrected chi connectivity index (χ1v) is 7.01. The lowest BCUT2D eigenvalue weighted by Gasteiger charge is -2.10. The maximum absolute atomic E-state index is 10.6. The average molecular weight is 310 g/mol. The van der Waals surface area contributed by atoms with Crippen molar-refractivity contribution in [2.24, 2.45) is 0 Å². The van der Waals surface area contributed by atoms with E-state index >= 15 is 0 Å². The molecule has 0 aliphatic carbocycles. The van der Waals surface area contributed by atoms with Crippen molar-refractivity contribution in [3.05, 3.63) is 76.5 Å². The van der Waals surface area contributed by atoms with Crippen LogP contribution in [0.25, 0.3) is 11.3 Å².